The summed E-state index contributed by atoms with van der Waals surface area (Å²) < 4.78 is 50.9. The van der Waals surface area contributed by atoms with E-state index in [0.717, 1.165) is 87.9 Å². The van der Waals surface area contributed by atoms with E-state index < -0.39 is 42.9 Å². The van der Waals surface area contributed by atoms with Crippen LogP contribution >= 0.6 is 0 Å². The molecule has 1 amide bonds. The number of aromatic amines is 1. The third-order valence-corrected chi connectivity index (χ3v) is 20.4. The first kappa shape index (κ1) is 50.2. The molecule has 4 N–H and O–H groups in total. The van der Waals surface area contributed by atoms with Gasteiger partial charge in [0.2, 0.25) is 0 Å². The van der Waals surface area contributed by atoms with Gasteiger partial charge < -0.3 is 25.0 Å². The Morgan fingerprint density at radius 3 is 2.56 bits per heavy atom. The highest BCUT2D eigenvalue weighted by Crippen LogP contribution is 2.61. The van der Waals surface area contributed by atoms with Gasteiger partial charge in [-0.25, -0.2) is 22.5 Å². The maximum absolute atomic E-state index is 14.7. The maximum atomic E-state index is 14.7. The average Bonchev–Trinajstić information content (AvgIpc) is 3.84. The van der Waals surface area contributed by atoms with Crippen molar-refractivity contribution in [2.75, 3.05) is 56.0 Å². The molecule has 5 aliphatic carbocycles. The fraction of sp³-hybridized carbons (Fsp3) is 0.552. The highest BCUT2D eigenvalue weighted by atomic mass is 32.2. The number of fused-ring (bicyclic) bond motifs is 3. The highest BCUT2D eigenvalue weighted by molar-refractivity contribution is 7.90. The van der Waals surface area contributed by atoms with Crippen LogP contribution in [0.2, 0.25) is 0 Å². The molecule has 15 nitrogen and oxygen atoms in total. The van der Waals surface area contributed by atoms with Gasteiger partial charge in [-0.3, -0.25) is 24.7 Å². The minimum absolute atomic E-state index is 0.0393. The van der Waals surface area contributed by atoms with Crippen LogP contribution in [0.4, 0.5) is 21.5 Å². The van der Waals surface area contributed by atoms with Gasteiger partial charge >= 0.3 is 0 Å². The molecule has 5 saturated carbocycles. The molecule has 5 atom stereocenters. The lowest BCUT2D eigenvalue weighted by atomic mass is 9.59. The summed E-state index contributed by atoms with van der Waals surface area (Å²) in [5, 5.41) is 25.9. The fourth-order valence-corrected chi connectivity index (χ4v) is 16.2. The molecule has 75 heavy (non-hydrogen) atoms. The molecule has 0 radical (unpaired) electrons. The predicted octanol–water partition coefficient (Wildman–Crippen LogP) is 10.5. The van der Waals surface area contributed by atoms with Crippen LogP contribution in [0.15, 0.2) is 84.0 Å². The average molecular weight is 1040 g/mol. The zero-order chi connectivity index (χ0) is 52.0. The van der Waals surface area contributed by atoms with Crippen molar-refractivity contribution in [1.82, 2.24) is 24.5 Å². The number of carbonyl (C=O) groups excluding carboxylic acids is 1. The van der Waals surface area contributed by atoms with Crippen molar-refractivity contribution in [1.29, 1.82) is 0 Å². The van der Waals surface area contributed by atoms with E-state index in [0.29, 0.717) is 48.5 Å². The van der Waals surface area contributed by atoms with Crippen molar-refractivity contribution >= 4 is 44.0 Å². The molecule has 3 aromatic carbocycles. The van der Waals surface area contributed by atoms with Gasteiger partial charge in [0.05, 0.1) is 32.6 Å². The Hall–Kier alpha value is -5.62. The molecular formula is C58H71FN8O7S. The van der Waals surface area contributed by atoms with E-state index in [9.17, 15) is 32.8 Å². The number of nitrogens with zero attached hydrogens (tertiary/aromatic N) is 5. The van der Waals surface area contributed by atoms with Crippen molar-refractivity contribution in [3.05, 3.63) is 112 Å². The van der Waals surface area contributed by atoms with Gasteiger partial charge in [0.1, 0.15) is 28.7 Å². The Balaban J connectivity index is 0.748. The van der Waals surface area contributed by atoms with Crippen LogP contribution in [0.25, 0.3) is 11.0 Å². The minimum atomic E-state index is -4.63. The number of ether oxygens (including phenoxy) is 1. The molecule has 5 aromatic rings. The van der Waals surface area contributed by atoms with Crippen LogP contribution in [0, 0.1) is 50.4 Å². The van der Waals surface area contributed by atoms with Gasteiger partial charge in [-0.15, -0.1) is 0 Å². The normalized spacial score (nSPS) is 28.6. The monoisotopic (exact) mass is 1040 g/mol. The summed E-state index contributed by atoms with van der Waals surface area (Å²) in [4.78, 5) is 40.3. The lowest BCUT2D eigenvalue weighted by molar-refractivity contribution is -0.384. The minimum Gasteiger partial charge on any atom is -0.455 e. The molecular weight excluding hydrogens is 972 g/mol. The summed E-state index contributed by atoms with van der Waals surface area (Å²) in [6, 6.07) is 19.9. The van der Waals surface area contributed by atoms with Gasteiger partial charge in [0, 0.05) is 87.3 Å². The summed E-state index contributed by atoms with van der Waals surface area (Å²) in [6.07, 6.45) is 16.2. The Kier molecular flexibility index (Phi) is 12.8. The third kappa shape index (κ3) is 9.80. The van der Waals surface area contributed by atoms with Crippen LogP contribution in [0.1, 0.15) is 131 Å². The number of hydrogen-bond donors (Lipinski definition) is 4. The molecule has 1 spiro atoms. The zero-order valence-electron chi connectivity index (χ0n) is 43.4. The lowest BCUT2D eigenvalue weighted by Crippen LogP contribution is -2.68. The number of pyridine rings is 1. The number of anilines is 2. The standard InChI is InChI=1S/C58H71FN8O7S/c1-36(2)45-6-4-5-7-46(45)52-32-64(33-57-17-14-39-20-38(25-57)21-40(39)26-57)18-19-66(52)42-27-58(28-42)34-65(35-58)41-8-10-47(53(22-41)74-43-23-48-49(59)31-62-54(48)61-30-43)55(68)63-75(72,73)44-9-11-50(51(24-44)67(70)71)60-29-37-12-15-56(3,69)16-13-37/h4-11,22-24,30-31,36-40,42,52,60,69H,12-21,25-29,32-35H2,1-3H3,(H,61,62)(H,63,68)/t37-,38?,39?,40?,52-,56-,57?/m0/s1. The van der Waals surface area contributed by atoms with Crippen molar-refractivity contribution in [2.24, 2.45) is 34.5 Å². The molecule has 17 heteroatoms. The SMILES string of the molecule is CC(C)c1ccccc1[C@@H]1CN(CC23CCC4CC(CC4C2)C3)CCN1C1CC2(C1)CN(c1ccc(C(=O)NS(=O)(=O)c3ccc(NC[C@H]4CC[C@](C)(O)CC4)c([N+](=O)[O-])c3)c(Oc3cnc4[nH]cc(F)c4c3)c1)C2. The third-order valence-electron chi connectivity index (χ3n) is 19.0. The number of benzene rings is 3. The summed E-state index contributed by atoms with van der Waals surface area (Å²) in [5.41, 5.74) is 3.54. The van der Waals surface area contributed by atoms with Crippen LogP contribution in [-0.4, -0.2) is 102 Å². The fourth-order valence-electron chi connectivity index (χ4n) is 15.3. The number of aliphatic hydroxyl groups is 1. The van der Waals surface area contributed by atoms with E-state index in [1.165, 1.54) is 92.9 Å². The summed E-state index contributed by atoms with van der Waals surface area (Å²) >= 11 is 0. The maximum Gasteiger partial charge on any atom is 0.293 e. The van der Waals surface area contributed by atoms with E-state index in [2.05, 4.69) is 72.8 Å². The Morgan fingerprint density at radius 2 is 1.77 bits per heavy atom. The first-order chi connectivity index (χ1) is 35.9. The number of nitrogens with one attached hydrogen (secondary N) is 3. The number of amides is 1. The molecule has 2 saturated heterocycles. The van der Waals surface area contributed by atoms with Gasteiger partial charge in [-0.1, -0.05) is 38.1 Å². The quantitative estimate of drug-likeness (QED) is 0.0575. The Morgan fingerprint density at radius 1 is 0.987 bits per heavy atom. The van der Waals surface area contributed by atoms with Crippen molar-refractivity contribution in [2.45, 2.75) is 126 Å². The molecule has 4 unspecified atom stereocenters. The summed E-state index contributed by atoms with van der Waals surface area (Å²) in [6.45, 7) is 13.0. The van der Waals surface area contributed by atoms with E-state index in [1.54, 1.807) is 19.1 Å². The molecule has 7 fully saturated rings. The smallest absolute Gasteiger partial charge is 0.293 e. The van der Waals surface area contributed by atoms with E-state index in [4.69, 9.17) is 4.74 Å². The lowest BCUT2D eigenvalue weighted by Gasteiger charge is -2.63. The molecule has 7 aliphatic rings. The largest absolute Gasteiger partial charge is 0.455 e. The zero-order valence-corrected chi connectivity index (χ0v) is 44.2. The number of carbonyl (C=O) groups is 1. The molecule has 12 rings (SSSR count). The highest BCUT2D eigenvalue weighted by Gasteiger charge is 2.56. The molecule has 398 valence electrons. The van der Waals surface area contributed by atoms with Crippen LogP contribution < -0.4 is 19.7 Å². The van der Waals surface area contributed by atoms with Crippen LogP contribution in [0.5, 0.6) is 11.5 Å². The summed E-state index contributed by atoms with van der Waals surface area (Å²) in [7, 11) is -4.63. The van der Waals surface area contributed by atoms with Crippen molar-refractivity contribution < 1.29 is 32.4 Å². The Labute approximate surface area is 439 Å². The molecule has 4 heterocycles. The first-order valence-corrected chi connectivity index (χ1v) is 29.0. The van der Waals surface area contributed by atoms with E-state index in [1.807, 2.05) is 0 Å². The van der Waals surface area contributed by atoms with Gasteiger partial charge in [0.25, 0.3) is 21.6 Å². The van der Waals surface area contributed by atoms with Gasteiger partial charge in [-0.05, 0) is 160 Å². The molecule has 3 bridgehead atoms. The Bertz CT molecular complexity index is 3120. The number of nitro benzene ring substituents is 1. The number of halogens is 1. The number of rotatable bonds is 15. The number of hydrogen-bond acceptors (Lipinski definition) is 12. The number of sulfonamides is 1. The van der Waals surface area contributed by atoms with Crippen molar-refractivity contribution in [3.63, 3.8) is 0 Å². The predicted molar refractivity (Wildman–Crippen MR) is 286 cm³/mol. The number of nitro groups is 1. The second kappa shape index (κ2) is 19.1. The number of H-pyrrole nitrogens is 1. The van der Waals surface area contributed by atoms with Gasteiger partial charge in [0.15, 0.2) is 0 Å². The van der Waals surface area contributed by atoms with Crippen LogP contribution in [-0.2, 0) is 10.0 Å². The summed E-state index contributed by atoms with van der Waals surface area (Å²) in [5.74, 6) is 2.14. The van der Waals surface area contributed by atoms with Crippen molar-refractivity contribution in [3.8, 4) is 11.5 Å². The second-order valence-corrected chi connectivity index (χ2v) is 26.4. The topological polar surface area (TPSA) is 186 Å². The molecule has 2 aliphatic heterocycles. The van der Waals surface area contributed by atoms with Crippen LogP contribution in [0.3, 0.4) is 0 Å². The van der Waals surface area contributed by atoms with E-state index >= 15 is 0 Å². The number of aromatic nitrogens is 2. The first-order valence-electron chi connectivity index (χ1n) is 27.5. The molecule has 2 aromatic heterocycles. The number of piperazine rings is 1. The second-order valence-electron chi connectivity index (χ2n) is 24.7. The van der Waals surface area contributed by atoms with E-state index in [-0.39, 0.29) is 39.5 Å². The van der Waals surface area contributed by atoms with Gasteiger partial charge in [-0.2, -0.15) is 0 Å².